The lowest BCUT2D eigenvalue weighted by atomic mass is 10.4. The summed E-state index contributed by atoms with van der Waals surface area (Å²) in [7, 11) is 0. The molecule has 0 radical (unpaired) electrons. The average Bonchev–Trinajstić information content (AvgIpc) is 2.36. The Morgan fingerprint density at radius 3 is 2.65 bits per heavy atom. The number of hydrazine groups is 1. The third-order valence-electron chi connectivity index (χ3n) is 1.55. The monoisotopic (exact) mass is 238 g/mol. The van der Waals surface area contributed by atoms with Gasteiger partial charge in [0.25, 0.3) is 5.91 Å². The third kappa shape index (κ3) is 3.86. The van der Waals surface area contributed by atoms with E-state index in [0.717, 1.165) is 0 Å². The summed E-state index contributed by atoms with van der Waals surface area (Å²) in [5.74, 6) is -2.83. The van der Waals surface area contributed by atoms with Gasteiger partial charge in [0.2, 0.25) is 0 Å². The normalized spacial score (nSPS) is 9.24. The number of hydrogen-bond acceptors (Lipinski definition) is 6. The zero-order chi connectivity index (χ0) is 12.7. The second kappa shape index (κ2) is 6.16. The van der Waals surface area contributed by atoms with Gasteiger partial charge in [0.1, 0.15) is 5.69 Å². The lowest BCUT2D eigenvalue weighted by Gasteiger charge is -2.05. The molecule has 0 aliphatic heterocycles. The van der Waals surface area contributed by atoms with E-state index < -0.39 is 17.8 Å². The Kier molecular flexibility index (Phi) is 4.55. The molecule has 2 N–H and O–H groups in total. The number of amides is 2. The van der Waals surface area contributed by atoms with Gasteiger partial charge in [-0.1, -0.05) is 0 Å². The molecule has 2 amide bonds. The molecule has 0 aromatic carbocycles. The number of esters is 1. The molecule has 0 fully saturated rings. The third-order valence-corrected chi connectivity index (χ3v) is 1.55. The van der Waals surface area contributed by atoms with E-state index in [4.69, 9.17) is 0 Å². The largest absolute Gasteiger partial charge is 0.459 e. The molecule has 1 rings (SSSR count). The van der Waals surface area contributed by atoms with Gasteiger partial charge >= 0.3 is 11.9 Å². The molecule has 1 heterocycles. The number of hydrogen-bond donors (Lipinski definition) is 2. The topological polar surface area (TPSA) is 110 Å². The van der Waals surface area contributed by atoms with Gasteiger partial charge in [-0.05, 0) is 6.92 Å². The van der Waals surface area contributed by atoms with Crippen molar-refractivity contribution in [1.29, 1.82) is 0 Å². The molecule has 90 valence electrons. The standard InChI is InChI=1S/C9H10N4O4/c1-2-17-9(16)8(15)13-12-7(14)6-5-10-3-4-11-6/h3-5H,2H2,1H3,(H,12,14)(H,13,15). The van der Waals surface area contributed by atoms with E-state index in [0.29, 0.717) is 0 Å². The maximum Gasteiger partial charge on any atom is 0.398 e. The molecule has 8 heteroatoms. The van der Waals surface area contributed by atoms with E-state index in [9.17, 15) is 14.4 Å². The summed E-state index contributed by atoms with van der Waals surface area (Å²) < 4.78 is 4.41. The molecule has 0 saturated heterocycles. The van der Waals surface area contributed by atoms with Crippen molar-refractivity contribution in [2.24, 2.45) is 0 Å². The van der Waals surface area contributed by atoms with Gasteiger partial charge in [0, 0.05) is 12.4 Å². The molecule has 0 atom stereocenters. The number of carbonyl (C=O) groups excluding carboxylic acids is 3. The Hall–Kier alpha value is -2.51. The zero-order valence-electron chi connectivity index (χ0n) is 8.97. The van der Waals surface area contributed by atoms with Crippen molar-refractivity contribution < 1.29 is 19.1 Å². The molecule has 0 spiro atoms. The van der Waals surface area contributed by atoms with Crippen LogP contribution in [-0.4, -0.2) is 34.4 Å². The highest BCUT2D eigenvalue weighted by molar-refractivity contribution is 6.32. The lowest BCUT2D eigenvalue weighted by molar-refractivity contribution is -0.154. The molecule has 0 aliphatic rings. The highest BCUT2D eigenvalue weighted by atomic mass is 16.5. The van der Waals surface area contributed by atoms with Crippen molar-refractivity contribution in [2.75, 3.05) is 6.61 Å². The minimum Gasteiger partial charge on any atom is -0.459 e. The van der Waals surface area contributed by atoms with Crippen LogP contribution in [-0.2, 0) is 14.3 Å². The van der Waals surface area contributed by atoms with Crippen LogP contribution in [0.1, 0.15) is 17.4 Å². The fourth-order valence-corrected chi connectivity index (χ4v) is 0.842. The van der Waals surface area contributed by atoms with E-state index in [1.54, 1.807) is 6.92 Å². The van der Waals surface area contributed by atoms with Gasteiger partial charge in [-0.2, -0.15) is 0 Å². The van der Waals surface area contributed by atoms with E-state index in [-0.39, 0.29) is 12.3 Å². The van der Waals surface area contributed by atoms with Crippen molar-refractivity contribution in [3.63, 3.8) is 0 Å². The van der Waals surface area contributed by atoms with Crippen LogP contribution >= 0.6 is 0 Å². The number of ether oxygens (including phenoxy) is 1. The summed E-state index contributed by atoms with van der Waals surface area (Å²) in [5.41, 5.74) is 3.89. The van der Waals surface area contributed by atoms with Crippen LogP contribution in [0.2, 0.25) is 0 Å². The molecule has 0 saturated carbocycles. The first-order valence-corrected chi connectivity index (χ1v) is 4.68. The van der Waals surface area contributed by atoms with Crippen molar-refractivity contribution in [3.05, 3.63) is 24.3 Å². The van der Waals surface area contributed by atoms with Gasteiger partial charge in [-0.3, -0.25) is 25.4 Å². The van der Waals surface area contributed by atoms with Gasteiger partial charge in [0.15, 0.2) is 0 Å². The minimum atomic E-state index is -1.08. The van der Waals surface area contributed by atoms with Crippen LogP contribution in [0.5, 0.6) is 0 Å². The van der Waals surface area contributed by atoms with Crippen molar-refractivity contribution in [2.45, 2.75) is 6.92 Å². The van der Waals surface area contributed by atoms with E-state index in [1.807, 2.05) is 10.9 Å². The predicted octanol–water partition coefficient (Wildman–Crippen LogP) is -1.20. The van der Waals surface area contributed by atoms with Crippen molar-refractivity contribution in [3.8, 4) is 0 Å². The minimum absolute atomic E-state index is 0.0108. The SMILES string of the molecule is CCOC(=O)C(=O)NNC(=O)c1cnccn1. The first-order chi connectivity index (χ1) is 8.15. The van der Waals surface area contributed by atoms with E-state index >= 15 is 0 Å². The van der Waals surface area contributed by atoms with Crippen LogP contribution in [0.3, 0.4) is 0 Å². The molecule has 1 aromatic heterocycles. The maximum absolute atomic E-state index is 11.3. The molecule has 1 aromatic rings. The van der Waals surface area contributed by atoms with Gasteiger partial charge < -0.3 is 4.74 Å². The highest BCUT2D eigenvalue weighted by Crippen LogP contribution is 1.88. The van der Waals surface area contributed by atoms with E-state index in [1.165, 1.54) is 18.6 Å². The van der Waals surface area contributed by atoms with Crippen LogP contribution in [0.25, 0.3) is 0 Å². The Labute approximate surface area is 96.4 Å². The number of nitrogens with zero attached hydrogens (tertiary/aromatic N) is 2. The Bertz CT molecular complexity index is 420. The summed E-state index contributed by atoms with van der Waals surface area (Å²) >= 11 is 0. The zero-order valence-corrected chi connectivity index (χ0v) is 8.97. The average molecular weight is 238 g/mol. The number of aromatic nitrogens is 2. The van der Waals surface area contributed by atoms with Gasteiger partial charge in [-0.25, -0.2) is 9.78 Å². The highest BCUT2D eigenvalue weighted by Gasteiger charge is 2.15. The molecule has 0 unspecified atom stereocenters. The molecule has 17 heavy (non-hydrogen) atoms. The summed E-state index contributed by atoms with van der Waals surface area (Å²) in [6.45, 7) is 1.63. The first kappa shape index (κ1) is 12.6. The summed E-state index contributed by atoms with van der Waals surface area (Å²) in [6.07, 6.45) is 3.93. The van der Waals surface area contributed by atoms with Crippen LogP contribution in [0.4, 0.5) is 0 Å². The Morgan fingerprint density at radius 1 is 1.29 bits per heavy atom. The second-order valence-corrected chi connectivity index (χ2v) is 2.72. The molecular formula is C9H10N4O4. The smallest absolute Gasteiger partial charge is 0.398 e. The van der Waals surface area contributed by atoms with Crippen LogP contribution < -0.4 is 10.9 Å². The van der Waals surface area contributed by atoms with E-state index in [2.05, 4.69) is 14.7 Å². The number of carbonyl (C=O) groups is 3. The molecule has 8 nitrogen and oxygen atoms in total. The fraction of sp³-hybridized carbons (Fsp3) is 0.222. The maximum atomic E-state index is 11.3. The fourth-order valence-electron chi connectivity index (χ4n) is 0.842. The first-order valence-electron chi connectivity index (χ1n) is 4.68. The number of nitrogens with one attached hydrogen (secondary N) is 2. The summed E-state index contributed by atoms with van der Waals surface area (Å²) in [6, 6.07) is 0. The predicted molar refractivity (Wildman–Crippen MR) is 54.3 cm³/mol. The molecule has 0 aliphatic carbocycles. The lowest BCUT2D eigenvalue weighted by Crippen LogP contribution is -2.45. The summed E-state index contributed by atoms with van der Waals surface area (Å²) in [5, 5.41) is 0. The van der Waals surface area contributed by atoms with Crippen LogP contribution in [0, 0.1) is 0 Å². The second-order valence-electron chi connectivity index (χ2n) is 2.72. The summed E-state index contributed by atoms with van der Waals surface area (Å²) in [4.78, 5) is 40.6. The number of rotatable bonds is 2. The van der Waals surface area contributed by atoms with Crippen molar-refractivity contribution in [1.82, 2.24) is 20.8 Å². The molecular weight excluding hydrogens is 228 g/mol. The van der Waals surface area contributed by atoms with Crippen LogP contribution in [0.15, 0.2) is 18.6 Å². The van der Waals surface area contributed by atoms with Crippen molar-refractivity contribution >= 4 is 17.8 Å². The molecule has 0 bridgehead atoms. The van der Waals surface area contributed by atoms with Gasteiger partial charge in [0.05, 0.1) is 12.8 Å². The Morgan fingerprint density at radius 2 is 2.06 bits per heavy atom. The quantitative estimate of drug-likeness (QED) is 0.380. The Balaban J connectivity index is 2.44. The van der Waals surface area contributed by atoms with Gasteiger partial charge in [-0.15, -0.1) is 0 Å².